The molecule has 0 aliphatic carbocycles. The molecule has 0 unspecified atom stereocenters. The fraction of sp³-hybridized carbons (Fsp3) is 0.154. The van der Waals surface area contributed by atoms with Crippen molar-refractivity contribution in [2.24, 2.45) is 0 Å². The molecule has 2 nitrogen and oxygen atoms in total. The predicted octanol–water partition coefficient (Wildman–Crippen LogP) is 5.29. The van der Waals surface area contributed by atoms with Gasteiger partial charge in [0.15, 0.2) is 0 Å². The van der Waals surface area contributed by atoms with Crippen LogP contribution in [0.3, 0.4) is 0 Å². The molecule has 1 aromatic carbocycles. The number of aryl methyl sites for hydroxylation is 1. The van der Waals surface area contributed by atoms with Crippen molar-refractivity contribution in [3.63, 3.8) is 0 Å². The van der Waals surface area contributed by atoms with Gasteiger partial charge in [0.2, 0.25) is 0 Å². The molecule has 1 aromatic heterocycles. The van der Waals surface area contributed by atoms with Crippen molar-refractivity contribution in [1.82, 2.24) is 4.98 Å². The first-order chi connectivity index (χ1) is 8.56. The van der Waals surface area contributed by atoms with E-state index in [1.807, 2.05) is 12.1 Å². The van der Waals surface area contributed by atoms with Crippen LogP contribution in [0, 0.1) is 6.92 Å². The van der Waals surface area contributed by atoms with Crippen LogP contribution in [-0.2, 0) is 6.54 Å². The molecule has 1 N–H and O–H groups in total. The van der Waals surface area contributed by atoms with E-state index in [2.05, 4.69) is 77.1 Å². The fourth-order valence-electron chi connectivity index (χ4n) is 1.54. The third kappa shape index (κ3) is 3.56. The molecular formula is C13H11Br3N2. The third-order valence-corrected chi connectivity index (χ3v) is 4.14. The summed E-state index contributed by atoms with van der Waals surface area (Å²) in [4.78, 5) is 4.38. The Labute approximate surface area is 132 Å². The summed E-state index contributed by atoms with van der Waals surface area (Å²) < 4.78 is 3.03. The monoisotopic (exact) mass is 432 g/mol. The second kappa shape index (κ2) is 6.17. The Balaban J connectivity index is 2.13. The maximum absolute atomic E-state index is 4.38. The molecule has 0 saturated carbocycles. The SMILES string of the molecule is Cc1ccc(Br)cc1NCc1ncc(Br)cc1Br. The predicted molar refractivity (Wildman–Crippen MR) is 85.8 cm³/mol. The molecule has 0 amide bonds. The number of rotatable bonds is 3. The van der Waals surface area contributed by atoms with Crippen LogP contribution in [0.25, 0.3) is 0 Å². The number of nitrogens with zero attached hydrogens (tertiary/aromatic N) is 1. The van der Waals surface area contributed by atoms with Gasteiger partial charge >= 0.3 is 0 Å². The Morgan fingerprint density at radius 1 is 1.11 bits per heavy atom. The molecular weight excluding hydrogens is 424 g/mol. The Morgan fingerprint density at radius 2 is 1.89 bits per heavy atom. The number of pyridine rings is 1. The minimum atomic E-state index is 0.686. The van der Waals surface area contributed by atoms with Gasteiger partial charge in [-0.1, -0.05) is 22.0 Å². The van der Waals surface area contributed by atoms with Crippen molar-refractivity contribution in [3.8, 4) is 0 Å². The Hall–Kier alpha value is -0.390. The smallest absolute Gasteiger partial charge is 0.0737 e. The molecule has 5 heteroatoms. The molecule has 2 rings (SSSR count). The summed E-state index contributed by atoms with van der Waals surface area (Å²) in [7, 11) is 0. The summed E-state index contributed by atoms with van der Waals surface area (Å²) in [6.07, 6.45) is 1.80. The third-order valence-electron chi connectivity index (χ3n) is 2.53. The second-order valence-corrected chi connectivity index (χ2v) is 6.58. The van der Waals surface area contributed by atoms with E-state index in [4.69, 9.17) is 0 Å². The Kier molecular flexibility index (Phi) is 4.81. The highest BCUT2D eigenvalue weighted by Gasteiger charge is 2.04. The van der Waals surface area contributed by atoms with Gasteiger partial charge in [0, 0.05) is 25.3 Å². The number of halogens is 3. The van der Waals surface area contributed by atoms with Crippen molar-refractivity contribution >= 4 is 53.5 Å². The summed E-state index contributed by atoms with van der Waals surface area (Å²) in [5, 5.41) is 3.39. The standard InChI is InChI=1S/C13H11Br3N2/c1-8-2-3-9(14)5-12(8)18-7-13-11(16)4-10(15)6-17-13/h2-6,18H,7H2,1H3. The van der Waals surface area contributed by atoms with Gasteiger partial charge in [-0.3, -0.25) is 4.98 Å². The maximum atomic E-state index is 4.38. The van der Waals surface area contributed by atoms with E-state index in [0.717, 1.165) is 24.8 Å². The van der Waals surface area contributed by atoms with Crippen LogP contribution in [0.15, 0.2) is 43.9 Å². The minimum absolute atomic E-state index is 0.686. The van der Waals surface area contributed by atoms with Crippen molar-refractivity contribution in [3.05, 3.63) is 55.1 Å². The van der Waals surface area contributed by atoms with E-state index in [1.54, 1.807) is 6.20 Å². The van der Waals surface area contributed by atoms with Crippen LogP contribution in [-0.4, -0.2) is 4.98 Å². The highest BCUT2D eigenvalue weighted by atomic mass is 79.9. The van der Waals surface area contributed by atoms with Crippen molar-refractivity contribution < 1.29 is 0 Å². The summed E-state index contributed by atoms with van der Waals surface area (Å²) in [5.74, 6) is 0. The lowest BCUT2D eigenvalue weighted by Crippen LogP contribution is -2.03. The molecule has 0 aliphatic rings. The van der Waals surface area contributed by atoms with E-state index in [9.17, 15) is 0 Å². The molecule has 18 heavy (non-hydrogen) atoms. The average Bonchev–Trinajstić information content (AvgIpc) is 2.32. The lowest BCUT2D eigenvalue weighted by Gasteiger charge is -2.10. The van der Waals surface area contributed by atoms with Gasteiger partial charge in [0.05, 0.1) is 12.2 Å². The Morgan fingerprint density at radius 3 is 2.61 bits per heavy atom. The maximum Gasteiger partial charge on any atom is 0.0737 e. The molecule has 0 saturated heterocycles. The summed E-state index contributed by atoms with van der Waals surface area (Å²) in [6, 6.07) is 8.19. The van der Waals surface area contributed by atoms with Gasteiger partial charge < -0.3 is 5.32 Å². The van der Waals surface area contributed by atoms with Crippen LogP contribution in [0.5, 0.6) is 0 Å². The lowest BCUT2D eigenvalue weighted by atomic mass is 10.2. The zero-order chi connectivity index (χ0) is 13.1. The van der Waals surface area contributed by atoms with Crippen molar-refractivity contribution in [2.45, 2.75) is 13.5 Å². The van der Waals surface area contributed by atoms with Crippen LogP contribution in [0.4, 0.5) is 5.69 Å². The first kappa shape index (κ1) is 14.0. The largest absolute Gasteiger partial charge is 0.379 e. The molecule has 94 valence electrons. The van der Waals surface area contributed by atoms with Gasteiger partial charge in [0.1, 0.15) is 0 Å². The van der Waals surface area contributed by atoms with E-state index in [-0.39, 0.29) is 0 Å². The van der Waals surface area contributed by atoms with Gasteiger partial charge in [-0.25, -0.2) is 0 Å². The van der Waals surface area contributed by atoms with E-state index in [0.29, 0.717) is 6.54 Å². The molecule has 0 spiro atoms. The quantitative estimate of drug-likeness (QED) is 0.710. The second-order valence-electron chi connectivity index (χ2n) is 3.89. The summed E-state index contributed by atoms with van der Waals surface area (Å²) >= 11 is 10.4. The molecule has 0 aliphatic heterocycles. The molecule has 0 atom stereocenters. The zero-order valence-corrected chi connectivity index (χ0v) is 14.4. The minimum Gasteiger partial charge on any atom is -0.379 e. The van der Waals surface area contributed by atoms with E-state index in [1.165, 1.54) is 5.56 Å². The topological polar surface area (TPSA) is 24.9 Å². The average molecular weight is 435 g/mol. The number of benzene rings is 1. The molecule has 2 aromatic rings. The van der Waals surface area contributed by atoms with Crippen LogP contribution < -0.4 is 5.32 Å². The lowest BCUT2D eigenvalue weighted by molar-refractivity contribution is 1.02. The van der Waals surface area contributed by atoms with E-state index >= 15 is 0 Å². The normalized spacial score (nSPS) is 10.4. The molecule has 0 bridgehead atoms. The van der Waals surface area contributed by atoms with Crippen LogP contribution in [0.1, 0.15) is 11.3 Å². The Bertz CT molecular complexity index is 570. The van der Waals surface area contributed by atoms with Crippen LogP contribution in [0.2, 0.25) is 0 Å². The van der Waals surface area contributed by atoms with E-state index < -0.39 is 0 Å². The van der Waals surface area contributed by atoms with Gasteiger partial charge in [-0.05, 0) is 62.5 Å². The van der Waals surface area contributed by atoms with Crippen LogP contribution >= 0.6 is 47.8 Å². The highest BCUT2D eigenvalue weighted by Crippen LogP contribution is 2.23. The number of hydrogen-bond acceptors (Lipinski definition) is 2. The molecule has 0 fully saturated rings. The van der Waals surface area contributed by atoms with Gasteiger partial charge in [0.25, 0.3) is 0 Å². The highest BCUT2D eigenvalue weighted by molar-refractivity contribution is 9.11. The molecule has 1 heterocycles. The zero-order valence-electron chi connectivity index (χ0n) is 9.67. The first-order valence-corrected chi connectivity index (χ1v) is 7.74. The first-order valence-electron chi connectivity index (χ1n) is 5.36. The van der Waals surface area contributed by atoms with Gasteiger partial charge in [-0.2, -0.15) is 0 Å². The van der Waals surface area contributed by atoms with Crippen molar-refractivity contribution in [2.75, 3.05) is 5.32 Å². The van der Waals surface area contributed by atoms with Gasteiger partial charge in [-0.15, -0.1) is 0 Å². The molecule has 0 radical (unpaired) electrons. The van der Waals surface area contributed by atoms with Crippen molar-refractivity contribution in [1.29, 1.82) is 0 Å². The number of nitrogens with one attached hydrogen (secondary N) is 1. The number of aromatic nitrogens is 1. The number of anilines is 1. The summed E-state index contributed by atoms with van der Waals surface area (Å²) in [6.45, 7) is 2.77. The summed E-state index contributed by atoms with van der Waals surface area (Å²) in [5.41, 5.74) is 3.31. The number of hydrogen-bond donors (Lipinski definition) is 1. The fourth-order valence-corrected chi connectivity index (χ4v) is 3.03.